The van der Waals surface area contributed by atoms with E-state index in [1.54, 1.807) is 11.1 Å². The van der Waals surface area contributed by atoms with Gasteiger partial charge in [0.2, 0.25) is 5.91 Å². The van der Waals surface area contributed by atoms with E-state index in [4.69, 9.17) is 4.74 Å². The highest BCUT2D eigenvalue weighted by Gasteiger charge is 2.32. The van der Waals surface area contributed by atoms with Gasteiger partial charge in [-0.15, -0.1) is 0 Å². The minimum absolute atomic E-state index is 0.0205. The zero-order valence-electron chi connectivity index (χ0n) is 15.7. The summed E-state index contributed by atoms with van der Waals surface area (Å²) in [5.41, 5.74) is 0.377. The second-order valence-corrected chi connectivity index (χ2v) is 8.07. The van der Waals surface area contributed by atoms with Crippen molar-refractivity contribution >= 4 is 17.6 Å². The number of anilines is 1. The van der Waals surface area contributed by atoms with Gasteiger partial charge in [-0.1, -0.05) is 20.8 Å². The minimum Gasteiger partial charge on any atom is -0.378 e. The maximum absolute atomic E-state index is 12.5. The van der Waals surface area contributed by atoms with E-state index in [0.29, 0.717) is 50.8 Å². The van der Waals surface area contributed by atoms with Crippen molar-refractivity contribution in [3.05, 3.63) is 18.1 Å². The van der Waals surface area contributed by atoms with Gasteiger partial charge >= 0.3 is 0 Å². The van der Waals surface area contributed by atoms with Gasteiger partial charge in [0.05, 0.1) is 31.6 Å². The maximum atomic E-state index is 12.5. The Hall–Kier alpha value is -2.22. The smallest absolute Gasteiger partial charge is 0.274 e. The highest BCUT2D eigenvalue weighted by Crippen LogP contribution is 2.22. The van der Waals surface area contributed by atoms with E-state index < -0.39 is 0 Å². The number of nitrogens with one attached hydrogen (secondary N) is 1. The second-order valence-electron chi connectivity index (χ2n) is 8.07. The van der Waals surface area contributed by atoms with Crippen LogP contribution in [0.3, 0.4) is 0 Å². The molecule has 1 aromatic rings. The van der Waals surface area contributed by atoms with Crippen molar-refractivity contribution in [1.82, 2.24) is 19.8 Å². The number of morpholine rings is 1. The summed E-state index contributed by atoms with van der Waals surface area (Å²) in [5, 5.41) is 3.25. The van der Waals surface area contributed by atoms with Crippen molar-refractivity contribution in [1.29, 1.82) is 0 Å². The first-order valence-electron chi connectivity index (χ1n) is 9.05. The van der Waals surface area contributed by atoms with Crippen molar-refractivity contribution in [3.8, 4) is 0 Å². The lowest BCUT2D eigenvalue weighted by Gasteiger charge is -2.27. The van der Waals surface area contributed by atoms with Gasteiger partial charge in [0.1, 0.15) is 11.5 Å². The van der Waals surface area contributed by atoms with Crippen LogP contribution in [0, 0.1) is 5.41 Å². The fourth-order valence-corrected chi connectivity index (χ4v) is 3.27. The molecule has 0 aromatic carbocycles. The average molecular weight is 361 g/mol. The van der Waals surface area contributed by atoms with E-state index in [2.05, 4.69) is 36.1 Å². The predicted molar refractivity (Wildman–Crippen MR) is 96.8 cm³/mol. The lowest BCUT2D eigenvalue weighted by Crippen LogP contribution is -2.41. The zero-order valence-corrected chi connectivity index (χ0v) is 15.7. The Labute approximate surface area is 153 Å². The molecule has 3 rings (SSSR count). The van der Waals surface area contributed by atoms with Crippen LogP contribution in [-0.2, 0) is 9.53 Å². The fraction of sp³-hybridized carbons (Fsp3) is 0.667. The molecule has 3 heterocycles. The average Bonchev–Trinajstić information content (AvgIpc) is 2.92. The molecule has 2 aliphatic rings. The molecule has 8 nitrogen and oxygen atoms in total. The number of carbonyl (C=O) groups excluding carboxylic acids is 2. The molecule has 0 radical (unpaired) electrons. The predicted octanol–water partition coefficient (Wildman–Crippen LogP) is 1.01. The molecule has 2 aliphatic heterocycles. The number of amides is 2. The quantitative estimate of drug-likeness (QED) is 0.861. The number of ether oxygens (including phenoxy) is 1. The Balaban J connectivity index is 1.62. The van der Waals surface area contributed by atoms with Crippen molar-refractivity contribution < 1.29 is 14.3 Å². The van der Waals surface area contributed by atoms with Crippen LogP contribution >= 0.6 is 0 Å². The SMILES string of the molecule is CC(C)(C)CN1C[C@H](Nc2cncc(C(=O)N3CCOCC3)n2)CC1=O. The topological polar surface area (TPSA) is 87.7 Å². The van der Waals surface area contributed by atoms with Gasteiger partial charge in [0.15, 0.2) is 0 Å². The maximum Gasteiger partial charge on any atom is 0.274 e. The van der Waals surface area contributed by atoms with Crippen LogP contribution in [0.1, 0.15) is 37.7 Å². The summed E-state index contributed by atoms with van der Waals surface area (Å²) in [6.45, 7) is 9.95. The molecule has 0 unspecified atom stereocenters. The number of hydrogen-bond acceptors (Lipinski definition) is 6. The van der Waals surface area contributed by atoms with E-state index in [0.717, 1.165) is 6.54 Å². The largest absolute Gasteiger partial charge is 0.378 e. The molecule has 142 valence electrons. The number of carbonyl (C=O) groups is 2. The third-order valence-corrected chi connectivity index (χ3v) is 4.38. The number of aromatic nitrogens is 2. The summed E-state index contributed by atoms with van der Waals surface area (Å²) in [7, 11) is 0. The highest BCUT2D eigenvalue weighted by atomic mass is 16.5. The van der Waals surface area contributed by atoms with E-state index in [1.165, 1.54) is 6.20 Å². The lowest BCUT2D eigenvalue weighted by molar-refractivity contribution is -0.128. The number of hydrogen-bond donors (Lipinski definition) is 1. The fourth-order valence-electron chi connectivity index (χ4n) is 3.27. The first kappa shape index (κ1) is 18.6. The molecule has 0 saturated carbocycles. The van der Waals surface area contributed by atoms with Gasteiger partial charge in [-0.05, 0) is 5.41 Å². The molecule has 26 heavy (non-hydrogen) atoms. The molecule has 1 aromatic heterocycles. The van der Waals surface area contributed by atoms with Gasteiger partial charge in [0, 0.05) is 32.6 Å². The van der Waals surface area contributed by atoms with Gasteiger partial charge in [-0.3, -0.25) is 14.6 Å². The molecule has 2 amide bonds. The first-order valence-corrected chi connectivity index (χ1v) is 9.05. The Kier molecular flexibility index (Phi) is 5.41. The van der Waals surface area contributed by atoms with Gasteiger partial charge in [-0.2, -0.15) is 0 Å². The summed E-state index contributed by atoms with van der Waals surface area (Å²) in [6.07, 6.45) is 3.50. The molecule has 2 fully saturated rings. The van der Waals surface area contributed by atoms with Gasteiger partial charge in [0.25, 0.3) is 5.91 Å². The third kappa shape index (κ3) is 4.69. The second kappa shape index (κ2) is 7.57. The number of likely N-dealkylation sites (tertiary alicyclic amines) is 1. The molecule has 0 aliphatic carbocycles. The molecular weight excluding hydrogens is 334 g/mol. The molecule has 1 N–H and O–H groups in total. The Bertz CT molecular complexity index is 667. The van der Waals surface area contributed by atoms with Crippen LogP contribution in [0.4, 0.5) is 5.82 Å². The summed E-state index contributed by atoms with van der Waals surface area (Å²) in [6, 6.07) is -0.0205. The van der Waals surface area contributed by atoms with E-state index in [9.17, 15) is 9.59 Å². The molecule has 8 heteroatoms. The van der Waals surface area contributed by atoms with Crippen LogP contribution < -0.4 is 5.32 Å². The van der Waals surface area contributed by atoms with E-state index in [-0.39, 0.29) is 23.3 Å². The molecule has 1 atom stereocenters. The zero-order chi connectivity index (χ0) is 18.7. The standard InChI is InChI=1S/C18H27N5O3/c1-18(2,3)12-23-11-13(8-16(23)24)20-15-10-19-9-14(21-15)17(25)22-4-6-26-7-5-22/h9-10,13H,4-8,11-12H2,1-3H3,(H,20,21)/t13-/m1/s1. The third-order valence-electron chi connectivity index (χ3n) is 4.38. The van der Waals surface area contributed by atoms with Crippen LogP contribution in [0.15, 0.2) is 12.4 Å². The molecule has 0 bridgehead atoms. The first-order chi connectivity index (χ1) is 12.3. The molecule has 2 saturated heterocycles. The van der Waals surface area contributed by atoms with Crippen LogP contribution in [0.25, 0.3) is 0 Å². The van der Waals surface area contributed by atoms with E-state index in [1.807, 2.05) is 4.90 Å². The number of nitrogens with zero attached hydrogens (tertiary/aromatic N) is 4. The minimum atomic E-state index is -0.138. The summed E-state index contributed by atoms with van der Waals surface area (Å²) in [4.78, 5) is 36.9. The molecular formula is C18H27N5O3. The van der Waals surface area contributed by atoms with Gasteiger partial charge in [-0.25, -0.2) is 4.98 Å². The van der Waals surface area contributed by atoms with Crippen molar-refractivity contribution in [2.75, 3.05) is 44.7 Å². The Morgan fingerprint density at radius 3 is 2.73 bits per heavy atom. The normalized spacial score (nSPS) is 21.2. The van der Waals surface area contributed by atoms with Crippen LogP contribution in [0.5, 0.6) is 0 Å². The monoisotopic (exact) mass is 361 g/mol. The van der Waals surface area contributed by atoms with Crippen molar-refractivity contribution in [3.63, 3.8) is 0 Å². The lowest BCUT2D eigenvalue weighted by atomic mass is 9.96. The van der Waals surface area contributed by atoms with Crippen LogP contribution in [-0.4, -0.2) is 77.0 Å². The Morgan fingerprint density at radius 1 is 1.31 bits per heavy atom. The summed E-state index contributed by atoms with van der Waals surface area (Å²) < 4.78 is 5.27. The van der Waals surface area contributed by atoms with Crippen molar-refractivity contribution in [2.24, 2.45) is 5.41 Å². The Morgan fingerprint density at radius 2 is 2.04 bits per heavy atom. The molecule has 0 spiro atoms. The number of rotatable bonds is 4. The van der Waals surface area contributed by atoms with E-state index >= 15 is 0 Å². The summed E-state index contributed by atoms with van der Waals surface area (Å²) >= 11 is 0. The van der Waals surface area contributed by atoms with Gasteiger partial charge < -0.3 is 19.9 Å². The highest BCUT2D eigenvalue weighted by molar-refractivity contribution is 5.92. The summed E-state index contributed by atoms with van der Waals surface area (Å²) in [5.74, 6) is 0.534. The van der Waals surface area contributed by atoms with Crippen molar-refractivity contribution in [2.45, 2.75) is 33.2 Å². The van der Waals surface area contributed by atoms with Crippen LogP contribution in [0.2, 0.25) is 0 Å².